The van der Waals surface area contributed by atoms with E-state index in [9.17, 15) is 20.1 Å². The highest BCUT2D eigenvalue weighted by molar-refractivity contribution is 5.79. The van der Waals surface area contributed by atoms with Crippen LogP contribution in [0.3, 0.4) is 0 Å². The highest BCUT2D eigenvalue weighted by atomic mass is 16.4. The van der Waals surface area contributed by atoms with Gasteiger partial charge in [-0.1, -0.05) is 20.8 Å². The molecule has 0 aromatic carbocycles. The van der Waals surface area contributed by atoms with Gasteiger partial charge in [0.15, 0.2) is 0 Å². The minimum Gasteiger partial charge on any atom is -0.389 e. The summed E-state index contributed by atoms with van der Waals surface area (Å²) in [5, 5.41) is 30.0. The molecule has 2 aliphatic heterocycles. The molecule has 2 saturated heterocycles. The van der Waals surface area contributed by atoms with Crippen molar-refractivity contribution in [2.24, 2.45) is 23.2 Å². The number of piperidine rings is 2. The van der Waals surface area contributed by atoms with Crippen LogP contribution >= 0.6 is 0 Å². The number of β-amino-alcohol motifs (C(OH)–C–C–N with tert-alkyl or cyclic N) is 1. The van der Waals surface area contributed by atoms with E-state index in [4.69, 9.17) is 0 Å². The number of nitrogens with zero attached hydrogens (tertiary/aromatic N) is 2. The van der Waals surface area contributed by atoms with Gasteiger partial charge in [-0.25, -0.2) is 0 Å². The Balaban J connectivity index is 1.44. The van der Waals surface area contributed by atoms with E-state index in [1.54, 1.807) is 0 Å². The average Bonchev–Trinajstić information content (AvgIpc) is 2.70. The third kappa shape index (κ3) is 5.33. The largest absolute Gasteiger partial charge is 0.389 e. The van der Waals surface area contributed by atoms with Gasteiger partial charge in [-0.05, 0) is 62.7 Å². The SMILES string of the molecule is C[C@@H]1[C@@H](O)[C@H](O)[C@@H](O)CN1CC1CCN(C(=O)[C@H]2CC[C@H](C(C)(C)C)CC2)CC1. The average molecular weight is 411 g/mol. The minimum atomic E-state index is -1.06. The first-order valence-corrected chi connectivity index (χ1v) is 11.6. The van der Waals surface area contributed by atoms with Crippen molar-refractivity contribution in [3.05, 3.63) is 0 Å². The maximum atomic E-state index is 13.0. The van der Waals surface area contributed by atoms with Gasteiger partial charge in [-0.2, -0.15) is 0 Å². The lowest BCUT2D eigenvalue weighted by atomic mass is 9.69. The van der Waals surface area contributed by atoms with E-state index in [1.807, 2.05) is 6.92 Å². The number of hydrogen-bond donors (Lipinski definition) is 3. The molecule has 0 radical (unpaired) electrons. The zero-order chi connectivity index (χ0) is 21.3. The Morgan fingerprint density at radius 3 is 2.07 bits per heavy atom. The molecule has 3 fully saturated rings. The van der Waals surface area contributed by atoms with E-state index in [1.165, 1.54) is 12.8 Å². The number of carbonyl (C=O) groups excluding carboxylic acids is 1. The first-order chi connectivity index (χ1) is 13.6. The normalized spacial score (nSPS) is 38.2. The van der Waals surface area contributed by atoms with Crippen LogP contribution < -0.4 is 0 Å². The molecular weight excluding hydrogens is 368 g/mol. The van der Waals surface area contributed by atoms with E-state index in [0.29, 0.717) is 23.8 Å². The first kappa shape index (κ1) is 23.0. The summed E-state index contributed by atoms with van der Waals surface area (Å²) in [7, 11) is 0. The molecule has 4 atom stereocenters. The second-order valence-electron chi connectivity index (χ2n) is 10.9. The van der Waals surface area contributed by atoms with Crippen LogP contribution in [0, 0.1) is 23.2 Å². The quantitative estimate of drug-likeness (QED) is 0.661. The summed E-state index contributed by atoms with van der Waals surface area (Å²) in [6, 6.07) is -0.161. The van der Waals surface area contributed by atoms with Gasteiger partial charge in [0.05, 0.1) is 12.2 Å². The molecule has 6 nitrogen and oxygen atoms in total. The third-order valence-corrected chi connectivity index (χ3v) is 7.96. The molecular formula is C23H42N2O4. The summed E-state index contributed by atoms with van der Waals surface area (Å²) in [5.41, 5.74) is 0.342. The van der Waals surface area contributed by atoms with Gasteiger partial charge in [0.2, 0.25) is 5.91 Å². The Morgan fingerprint density at radius 1 is 0.931 bits per heavy atom. The van der Waals surface area contributed by atoms with Crippen LogP contribution in [-0.4, -0.2) is 81.6 Å². The van der Waals surface area contributed by atoms with Crippen molar-refractivity contribution in [1.29, 1.82) is 0 Å². The summed E-state index contributed by atoms with van der Waals surface area (Å²) >= 11 is 0. The van der Waals surface area contributed by atoms with Gasteiger partial charge in [0, 0.05) is 38.1 Å². The van der Waals surface area contributed by atoms with Crippen LogP contribution in [0.5, 0.6) is 0 Å². The lowest BCUT2D eigenvalue weighted by molar-refractivity contribution is -0.141. The highest BCUT2D eigenvalue weighted by Gasteiger charge is 2.40. The number of amides is 1. The van der Waals surface area contributed by atoms with Gasteiger partial charge >= 0.3 is 0 Å². The molecule has 1 amide bonds. The topological polar surface area (TPSA) is 84.2 Å². The van der Waals surface area contributed by atoms with E-state index in [0.717, 1.165) is 51.2 Å². The van der Waals surface area contributed by atoms with E-state index >= 15 is 0 Å². The molecule has 0 bridgehead atoms. The molecule has 0 unspecified atom stereocenters. The summed E-state index contributed by atoms with van der Waals surface area (Å²) in [6.07, 6.45) is 3.47. The highest BCUT2D eigenvalue weighted by Crippen LogP contribution is 2.40. The second kappa shape index (κ2) is 9.21. The molecule has 3 rings (SSSR count). The second-order valence-corrected chi connectivity index (χ2v) is 10.9. The van der Waals surface area contributed by atoms with E-state index in [2.05, 4.69) is 30.6 Å². The Kier molecular flexibility index (Phi) is 7.30. The number of likely N-dealkylation sites (tertiary alicyclic amines) is 2. The molecule has 0 aromatic heterocycles. The molecule has 1 saturated carbocycles. The van der Waals surface area contributed by atoms with Crippen molar-refractivity contribution in [3.8, 4) is 0 Å². The van der Waals surface area contributed by atoms with Crippen molar-refractivity contribution in [2.45, 2.75) is 90.6 Å². The van der Waals surface area contributed by atoms with Crippen LogP contribution in [0.1, 0.15) is 66.2 Å². The lowest BCUT2D eigenvalue weighted by Crippen LogP contribution is -2.61. The predicted octanol–water partition coefficient (Wildman–Crippen LogP) is 1.86. The van der Waals surface area contributed by atoms with Crippen molar-refractivity contribution in [2.75, 3.05) is 26.2 Å². The fourth-order valence-electron chi connectivity index (χ4n) is 5.62. The Bertz CT molecular complexity index is 548. The van der Waals surface area contributed by atoms with Crippen molar-refractivity contribution in [3.63, 3.8) is 0 Å². The van der Waals surface area contributed by atoms with E-state index < -0.39 is 18.3 Å². The van der Waals surface area contributed by atoms with Gasteiger partial charge in [-0.15, -0.1) is 0 Å². The Morgan fingerprint density at radius 2 is 1.52 bits per heavy atom. The maximum absolute atomic E-state index is 13.0. The van der Waals surface area contributed by atoms with Gasteiger partial charge in [0.25, 0.3) is 0 Å². The zero-order valence-electron chi connectivity index (χ0n) is 18.8. The molecule has 0 aromatic rings. The lowest BCUT2D eigenvalue weighted by Gasteiger charge is -2.45. The smallest absolute Gasteiger partial charge is 0.225 e. The zero-order valence-corrected chi connectivity index (χ0v) is 18.8. The van der Waals surface area contributed by atoms with Crippen molar-refractivity contribution in [1.82, 2.24) is 9.80 Å². The fraction of sp³-hybridized carbons (Fsp3) is 0.957. The number of aliphatic hydroxyl groups excluding tert-OH is 3. The van der Waals surface area contributed by atoms with Crippen LogP contribution in [0.4, 0.5) is 0 Å². The Hall–Kier alpha value is -0.690. The molecule has 3 N–H and O–H groups in total. The molecule has 1 aliphatic carbocycles. The monoisotopic (exact) mass is 410 g/mol. The fourth-order valence-corrected chi connectivity index (χ4v) is 5.62. The van der Waals surface area contributed by atoms with Crippen molar-refractivity contribution >= 4 is 5.91 Å². The molecule has 29 heavy (non-hydrogen) atoms. The van der Waals surface area contributed by atoms with Crippen molar-refractivity contribution < 1.29 is 20.1 Å². The number of aliphatic hydroxyl groups is 3. The molecule has 0 spiro atoms. The van der Waals surface area contributed by atoms with Crippen LogP contribution in [-0.2, 0) is 4.79 Å². The molecule has 3 aliphatic rings. The predicted molar refractivity (Wildman–Crippen MR) is 113 cm³/mol. The third-order valence-electron chi connectivity index (χ3n) is 7.96. The maximum Gasteiger partial charge on any atom is 0.225 e. The number of rotatable bonds is 3. The number of hydrogen-bond acceptors (Lipinski definition) is 5. The van der Waals surface area contributed by atoms with Crippen LogP contribution in [0.15, 0.2) is 0 Å². The minimum absolute atomic E-state index is 0.161. The Labute approximate surface area is 176 Å². The first-order valence-electron chi connectivity index (χ1n) is 11.6. The summed E-state index contributed by atoms with van der Waals surface area (Å²) in [6.45, 7) is 11.7. The van der Waals surface area contributed by atoms with Crippen LogP contribution in [0.2, 0.25) is 0 Å². The van der Waals surface area contributed by atoms with E-state index in [-0.39, 0.29) is 12.0 Å². The van der Waals surface area contributed by atoms with Gasteiger partial charge < -0.3 is 20.2 Å². The molecule has 168 valence electrons. The number of carbonyl (C=O) groups is 1. The summed E-state index contributed by atoms with van der Waals surface area (Å²) in [5.74, 6) is 1.76. The molecule has 2 heterocycles. The van der Waals surface area contributed by atoms with Gasteiger partial charge in [0.1, 0.15) is 6.10 Å². The standard InChI is InChI=1S/C23H42N2O4/c1-15-20(27)21(28)19(26)14-25(15)13-16-9-11-24(12-10-16)22(29)17-5-7-18(8-6-17)23(2,3)4/h15-21,26-28H,5-14H2,1-4H3/t15-,17-,18-,19+,20-,21-/m1/s1. The summed E-state index contributed by atoms with van der Waals surface area (Å²) < 4.78 is 0. The van der Waals surface area contributed by atoms with Crippen LogP contribution in [0.25, 0.3) is 0 Å². The van der Waals surface area contributed by atoms with Gasteiger partial charge in [-0.3, -0.25) is 9.69 Å². The summed E-state index contributed by atoms with van der Waals surface area (Å²) in [4.78, 5) is 17.2. The molecule has 6 heteroatoms.